The number of carbonyl (C=O) groups is 2. The van der Waals surface area contributed by atoms with E-state index >= 15 is 0 Å². The highest BCUT2D eigenvalue weighted by molar-refractivity contribution is 7.51. The van der Waals surface area contributed by atoms with Crippen LogP contribution in [0.1, 0.15) is 26.7 Å². The highest BCUT2D eigenvalue weighted by Crippen LogP contribution is 2.57. The second kappa shape index (κ2) is 12.3. The Hall–Kier alpha value is -2.25. The van der Waals surface area contributed by atoms with Crippen molar-refractivity contribution in [1.29, 1.82) is 0 Å². The standard InChI is InChI=1S/C22H33N2O11P/c1-4-32-21(28)16-6-5-11-24(16)36(30,34-15-9-7-14(31-3)8-10-15)35-20-18(23-13(2)26)22(29)33-17(12-25)19(20)27/h7-10,16-20,22,25,27,29H,4-6,11-12H2,1-3H3,(H,23,26)/t16-,17+,18+,19+,20+,22-,36?/m0/s1. The predicted molar refractivity (Wildman–Crippen MR) is 124 cm³/mol. The van der Waals surface area contributed by atoms with Crippen LogP contribution in [-0.2, 0) is 28.2 Å². The SMILES string of the molecule is CCOC(=O)[C@@H]1CCCN1P(=O)(Oc1ccc(OC)cc1)O[C@H]1[C@H](O)[C@@H](CO)O[C@H](O)[C@@H]1NC(C)=O. The molecular weight excluding hydrogens is 499 g/mol. The zero-order chi connectivity index (χ0) is 26.5. The van der Waals surface area contributed by atoms with Gasteiger partial charge in [-0.25, -0.2) is 4.57 Å². The zero-order valence-corrected chi connectivity index (χ0v) is 21.2. The van der Waals surface area contributed by atoms with Crippen LogP contribution in [0, 0.1) is 0 Å². The van der Waals surface area contributed by atoms with E-state index in [1.165, 1.54) is 30.8 Å². The van der Waals surface area contributed by atoms with Gasteiger partial charge in [0.2, 0.25) is 5.91 Å². The molecule has 4 N–H and O–H groups in total. The Kier molecular flexibility index (Phi) is 9.70. The van der Waals surface area contributed by atoms with E-state index in [2.05, 4.69) is 5.32 Å². The molecule has 2 aliphatic heterocycles. The summed E-state index contributed by atoms with van der Waals surface area (Å²) in [5, 5.41) is 33.3. The second-order valence-electron chi connectivity index (χ2n) is 8.34. The van der Waals surface area contributed by atoms with E-state index in [0.29, 0.717) is 18.6 Å². The predicted octanol–water partition coefficient (Wildman–Crippen LogP) is 0.170. The Morgan fingerprint density at radius 2 is 1.89 bits per heavy atom. The van der Waals surface area contributed by atoms with E-state index < -0.39 is 62.9 Å². The van der Waals surface area contributed by atoms with Crippen LogP contribution >= 0.6 is 7.75 Å². The molecule has 0 aromatic heterocycles. The number of aliphatic hydroxyl groups excluding tert-OH is 3. The molecule has 1 aromatic rings. The number of hydrogen-bond donors (Lipinski definition) is 4. The number of esters is 1. The Labute approximate surface area is 208 Å². The average Bonchev–Trinajstić information content (AvgIpc) is 3.35. The second-order valence-corrected chi connectivity index (χ2v) is 10.2. The number of amides is 1. The topological polar surface area (TPSA) is 173 Å². The molecule has 2 heterocycles. The molecule has 1 amide bonds. The lowest BCUT2D eigenvalue weighted by atomic mass is 9.97. The summed E-state index contributed by atoms with van der Waals surface area (Å²) in [5.74, 6) is -0.563. The van der Waals surface area contributed by atoms with Gasteiger partial charge in [-0.05, 0) is 44.0 Å². The fraction of sp³-hybridized carbons (Fsp3) is 0.636. The highest BCUT2D eigenvalue weighted by Gasteiger charge is 2.53. The summed E-state index contributed by atoms with van der Waals surface area (Å²) in [4.78, 5) is 24.4. The van der Waals surface area contributed by atoms with Gasteiger partial charge in [-0.15, -0.1) is 0 Å². The van der Waals surface area contributed by atoms with Crippen LogP contribution in [0.25, 0.3) is 0 Å². The van der Waals surface area contributed by atoms with E-state index in [-0.39, 0.29) is 18.9 Å². The molecular formula is C22H33N2O11P. The average molecular weight is 532 g/mol. The van der Waals surface area contributed by atoms with Crippen LogP contribution in [0.2, 0.25) is 0 Å². The maximum Gasteiger partial charge on any atom is 0.462 e. The smallest absolute Gasteiger partial charge is 0.462 e. The number of methoxy groups -OCH3 is 1. The van der Waals surface area contributed by atoms with Crippen molar-refractivity contribution in [3.63, 3.8) is 0 Å². The first-order valence-corrected chi connectivity index (χ1v) is 13.1. The van der Waals surface area contributed by atoms with Crippen molar-refractivity contribution in [1.82, 2.24) is 9.99 Å². The van der Waals surface area contributed by atoms with Crippen molar-refractivity contribution in [3.05, 3.63) is 24.3 Å². The van der Waals surface area contributed by atoms with E-state index in [9.17, 15) is 29.5 Å². The Bertz CT molecular complexity index is 946. The fourth-order valence-corrected chi connectivity index (χ4v) is 6.34. The minimum Gasteiger partial charge on any atom is -0.497 e. The quantitative estimate of drug-likeness (QED) is 0.238. The fourth-order valence-electron chi connectivity index (χ4n) is 4.18. The van der Waals surface area contributed by atoms with Gasteiger partial charge in [-0.1, -0.05) is 0 Å². The van der Waals surface area contributed by atoms with Crippen molar-refractivity contribution < 1.29 is 52.7 Å². The summed E-state index contributed by atoms with van der Waals surface area (Å²) >= 11 is 0. The summed E-state index contributed by atoms with van der Waals surface area (Å²) in [6.07, 6.45) is -5.35. The number of benzene rings is 1. The van der Waals surface area contributed by atoms with Gasteiger partial charge in [0.15, 0.2) is 6.29 Å². The first kappa shape index (κ1) is 28.3. The number of hydrogen-bond acceptors (Lipinski definition) is 11. The van der Waals surface area contributed by atoms with Crippen LogP contribution in [-0.4, -0.2) is 95.4 Å². The molecule has 2 fully saturated rings. The first-order valence-electron chi connectivity index (χ1n) is 11.6. The first-order chi connectivity index (χ1) is 17.1. The van der Waals surface area contributed by atoms with Crippen molar-refractivity contribution >= 4 is 19.6 Å². The lowest BCUT2D eigenvalue weighted by molar-refractivity contribution is -0.250. The van der Waals surface area contributed by atoms with Crippen molar-refractivity contribution in [2.75, 3.05) is 26.9 Å². The van der Waals surface area contributed by atoms with Gasteiger partial charge in [0.1, 0.15) is 41.9 Å². The molecule has 0 aliphatic carbocycles. The summed E-state index contributed by atoms with van der Waals surface area (Å²) in [5.41, 5.74) is 0. The van der Waals surface area contributed by atoms with Gasteiger partial charge >= 0.3 is 13.7 Å². The maximum absolute atomic E-state index is 14.4. The van der Waals surface area contributed by atoms with Gasteiger partial charge in [-0.2, -0.15) is 4.67 Å². The Balaban J connectivity index is 2.01. The van der Waals surface area contributed by atoms with E-state index in [4.69, 9.17) is 23.3 Å². The molecule has 3 rings (SSSR count). The third-order valence-electron chi connectivity index (χ3n) is 5.88. The van der Waals surface area contributed by atoms with E-state index in [1.54, 1.807) is 19.1 Å². The highest BCUT2D eigenvalue weighted by atomic mass is 31.2. The van der Waals surface area contributed by atoms with Crippen molar-refractivity contribution in [2.45, 2.75) is 63.4 Å². The van der Waals surface area contributed by atoms with Gasteiger partial charge < -0.3 is 39.4 Å². The number of nitrogens with one attached hydrogen (secondary N) is 1. The maximum atomic E-state index is 14.4. The largest absolute Gasteiger partial charge is 0.497 e. The van der Waals surface area contributed by atoms with Crippen molar-refractivity contribution in [3.8, 4) is 11.5 Å². The number of carbonyl (C=O) groups excluding carboxylic acids is 2. The molecule has 0 spiro atoms. The van der Waals surface area contributed by atoms with Gasteiger partial charge in [0, 0.05) is 13.5 Å². The number of ether oxygens (including phenoxy) is 3. The lowest BCUT2D eigenvalue weighted by Gasteiger charge is -2.44. The Morgan fingerprint density at radius 3 is 2.47 bits per heavy atom. The van der Waals surface area contributed by atoms with Gasteiger partial charge in [-0.3, -0.25) is 14.1 Å². The van der Waals surface area contributed by atoms with Gasteiger partial charge in [0.05, 0.1) is 20.3 Å². The van der Waals surface area contributed by atoms with E-state index in [0.717, 1.165) is 0 Å². The molecule has 0 radical (unpaired) electrons. The third kappa shape index (κ3) is 6.35. The molecule has 2 saturated heterocycles. The van der Waals surface area contributed by atoms with Crippen LogP contribution < -0.4 is 14.6 Å². The summed E-state index contributed by atoms with van der Waals surface area (Å²) in [7, 11) is -2.98. The van der Waals surface area contributed by atoms with Crippen LogP contribution in [0.3, 0.4) is 0 Å². The molecule has 0 saturated carbocycles. The minimum absolute atomic E-state index is 0.112. The van der Waals surface area contributed by atoms with Crippen LogP contribution in [0.15, 0.2) is 24.3 Å². The molecule has 14 heteroatoms. The molecule has 202 valence electrons. The Morgan fingerprint density at radius 1 is 1.22 bits per heavy atom. The molecule has 0 bridgehead atoms. The van der Waals surface area contributed by atoms with Crippen molar-refractivity contribution in [2.24, 2.45) is 0 Å². The summed E-state index contributed by atoms with van der Waals surface area (Å²) in [6.45, 7) is 2.39. The zero-order valence-electron chi connectivity index (χ0n) is 20.3. The van der Waals surface area contributed by atoms with Gasteiger partial charge in [0.25, 0.3) is 0 Å². The molecule has 2 aliphatic rings. The number of rotatable bonds is 10. The minimum atomic E-state index is -4.46. The van der Waals surface area contributed by atoms with E-state index in [1.807, 2.05) is 0 Å². The molecule has 1 aromatic carbocycles. The monoisotopic (exact) mass is 532 g/mol. The summed E-state index contributed by atoms with van der Waals surface area (Å²) < 4.78 is 42.9. The lowest BCUT2D eigenvalue weighted by Crippen LogP contribution is -2.64. The number of aliphatic hydroxyl groups is 3. The third-order valence-corrected chi connectivity index (χ3v) is 7.94. The van der Waals surface area contributed by atoms with Crippen LogP contribution in [0.5, 0.6) is 11.5 Å². The van der Waals surface area contributed by atoms with Crippen LogP contribution in [0.4, 0.5) is 0 Å². The normalized spacial score (nSPS) is 30.3. The molecule has 1 unspecified atom stereocenters. The molecule has 13 nitrogen and oxygen atoms in total. The molecule has 7 atom stereocenters. The summed E-state index contributed by atoms with van der Waals surface area (Å²) in [6, 6.07) is 3.80. The molecule has 36 heavy (non-hydrogen) atoms. The number of nitrogens with zero attached hydrogens (tertiary/aromatic N) is 1.